The predicted octanol–water partition coefficient (Wildman–Crippen LogP) is 3.08. The molecule has 2 rings (SSSR count). The van der Waals surface area contributed by atoms with E-state index in [0.29, 0.717) is 5.56 Å². The minimum atomic E-state index is -0.893. The third-order valence-corrected chi connectivity index (χ3v) is 3.40. The van der Waals surface area contributed by atoms with Gasteiger partial charge in [0.2, 0.25) is 0 Å². The smallest absolute Gasteiger partial charge is 0.337 e. The van der Waals surface area contributed by atoms with E-state index in [1.54, 1.807) is 0 Å². The van der Waals surface area contributed by atoms with Crippen LogP contribution in [0.2, 0.25) is 0 Å². The topological polar surface area (TPSA) is 53.1 Å². The van der Waals surface area contributed by atoms with Gasteiger partial charge in [0.1, 0.15) is 0 Å². The summed E-state index contributed by atoms with van der Waals surface area (Å²) in [6, 6.07) is 3.90. The van der Waals surface area contributed by atoms with E-state index < -0.39 is 5.97 Å². The number of nitrogens with one attached hydrogen (secondary N) is 1. The van der Waals surface area contributed by atoms with Crippen LogP contribution in [0.5, 0.6) is 0 Å². The van der Waals surface area contributed by atoms with Gasteiger partial charge in [-0.2, -0.15) is 0 Å². The lowest BCUT2D eigenvalue weighted by molar-refractivity contribution is 0.0699. The van der Waals surface area contributed by atoms with Gasteiger partial charge in [-0.3, -0.25) is 0 Å². The molecular formula is C9H5I2NO2. The van der Waals surface area contributed by atoms with Gasteiger partial charge in [-0.15, -0.1) is 0 Å². The van der Waals surface area contributed by atoms with Crippen molar-refractivity contribution in [3.8, 4) is 0 Å². The van der Waals surface area contributed by atoms with E-state index in [1.807, 2.05) is 12.1 Å². The molecule has 2 aromatic rings. The molecule has 0 saturated heterocycles. The highest BCUT2D eigenvalue weighted by molar-refractivity contribution is 14.1. The number of halogens is 2. The fourth-order valence-corrected chi connectivity index (χ4v) is 3.49. The lowest BCUT2D eigenvalue weighted by atomic mass is 10.2. The Morgan fingerprint density at radius 1 is 1.36 bits per heavy atom. The first kappa shape index (κ1) is 10.2. The molecule has 0 unspecified atom stereocenters. The Balaban J connectivity index is 2.85. The third-order valence-electron chi connectivity index (χ3n) is 1.93. The number of rotatable bonds is 1. The van der Waals surface area contributed by atoms with Crippen LogP contribution in [-0.2, 0) is 0 Å². The van der Waals surface area contributed by atoms with Gasteiger partial charge < -0.3 is 10.1 Å². The van der Waals surface area contributed by atoms with Crippen molar-refractivity contribution in [1.29, 1.82) is 0 Å². The van der Waals surface area contributed by atoms with E-state index >= 15 is 0 Å². The quantitative estimate of drug-likeness (QED) is 0.707. The first-order valence-electron chi connectivity index (χ1n) is 3.79. The Kier molecular flexibility index (Phi) is 2.69. The van der Waals surface area contributed by atoms with Gasteiger partial charge in [0.15, 0.2) is 0 Å². The molecule has 0 aliphatic heterocycles. The summed E-state index contributed by atoms with van der Waals surface area (Å²) in [6.07, 6.45) is 1.53. The summed E-state index contributed by atoms with van der Waals surface area (Å²) < 4.78 is 2.06. The molecule has 1 aromatic carbocycles. The maximum atomic E-state index is 10.9. The molecule has 0 spiro atoms. The Morgan fingerprint density at radius 2 is 2.07 bits per heavy atom. The Morgan fingerprint density at radius 3 is 2.71 bits per heavy atom. The number of fused-ring (bicyclic) bond motifs is 1. The average molecular weight is 413 g/mol. The molecule has 0 amide bonds. The van der Waals surface area contributed by atoms with Crippen molar-refractivity contribution in [3.63, 3.8) is 0 Å². The van der Waals surface area contributed by atoms with E-state index in [2.05, 4.69) is 50.2 Å². The highest BCUT2D eigenvalue weighted by atomic mass is 127. The number of aromatic carboxylic acids is 1. The summed E-state index contributed by atoms with van der Waals surface area (Å²) in [6.45, 7) is 0. The maximum absolute atomic E-state index is 10.9. The summed E-state index contributed by atoms with van der Waals surface area (Å²) in [5, 5.41) is 9.73. The molecule has 0 aliphatic rings. The predicted molar refractivity (Wildman–Crippen MR) is 70.7 cm³/mol. The number of benzene rings is 1. The van der Waals surface area contributed by atoms with Crippen LogP contribution < -0.4 is 0 Å². The Bertz CT molecular complexity index is 519. The van der Waals surface area contributed by atoms with Crippen molar-refractivity contribution >= 4 is 62.1 Å². The zero-order chi connectivity index (χ0) is 10.3. The number of carboxylic acids is 1. The van der Waals surface area contributed by atoms with E-state index in [-0.39, 0.29) is 0 Å². The van der Waals surface area contributed by atoms with Gasteiger partial charge in [-0.25, -0.2) is 4.79 Å². The summed E-state index contributed by atoms with van der Waals surface area (Å²) in [7, 11) is 0. The SMILES string of the molecule is O=C(O)c1c[nH]c2cc(I)cc(I)c12. The maximum Gasteiger partial charge on any atom is 0.337 e. The van der Waals surface area contributed by atoms with Crippen LogP contribution in [0.1, 0.15) is 10.4 Å². The molecule has 72 valence electrons. The number of hydrogen-bond acceptors (Lipinski definition) is 1. The number of hydrogen-bond donors (Lipinski definition) is 2. The van der Waals surface area contributed by atoms with Crippen molar-refractivity contribution in [2.75, 3.05) is 0 Å². The molecule has 0 saturated carbocycles. The molecule has 0 fully saturated rings. The fourth-order valence-electron chi connectivity index (χ4n) is 1.35. The van der Waals surface area contributed by atoms with Gasteiger partial charge in [0.05, 0.1) is 5.56 Å². The van der Waals surface area contributed by atoms with Crippen molar-refractivity contribution in [2.24, 2.45) is 0 Å². The number of H-pyrrole nitrogens is 1. The second-order valence-corrected chi connectivity index (χ2v) is 5.23. The first-order valence-corrected chi connectivity index (χ1v) is 5.95. The third kappa shape index (κ3) is 1.62. The molecule has 2 N–H and O–H groups in total. The number of carboxylic acid groups (broad SMARTS) is 1. The number of aromatic amines is 1. The van der Waals surface area contributed by atoms with Crippen molar-refractivity contribution < 1.29 is 9.90 Å². The molecular weight excluding hydrogens is 408 g/mol. The van der Waals surface area contributed by atoms with Gasteiger partial charge in [0, 0.05) is 24.2 Å². The highest BCUT2D eigenvalue weighted by Crippen LogP contribution is 2.26. The van der Waals surface area contributed by atoms with Gasteiger partial charge in [-0.05, 0) is 57.3 Å². The second kappa shape index (κ2) is 3.69. The highest BCUT2D eigenvalue weighted by Gasteiger charge is 2.13. The molecule has 0 aliphatic carbocycles. The molecule has 1 aromatic heterocycles. The summed E-state index contributed by atoms with van der Waals surface area (Å²) in [5.41, 5.74) is 1.21. The largest absolute Gasteiger partial charge is 0.478 e. The standard InChI is InChI=1S/C9H5I2NO2/c10-4-1-6(11)8-5(9(13)14)3-12-7(8)2-4/h1-3,12H,(H,13,14). The van der Waals surface area contributed by atoms with E-state index in [0.717, 1.165) is 18.0 Å². The number of carbonyl (C=O) groups is 1. The molecule has 14 heavy (non-hydrogen) atoms. The van der Waals surface area contributed by atoms with Gasteiger partial charge in [-0.1, -0.05) is 0 Å². The van der Waals surface area contributed by atoms with Crippen LogP contribution in [0.15, 0.2) is 18.3 Å². The zero-order valence-electron chi connectivity index (χ0n) is 6.84. The fraction of sp³-hybridized carbons (Fsp3) is 0. The van der Waals surface area contributed by atoms with Crippen LogP contribution >= 0.6 is 45.2 Å². The molecule has 5 heteroatoms. The molecule has 0 bridgehead atoms. The summed E-state index contributed by atoms with van der Waals surface area (Å²) in [5.74, 6) is -0.893. The van der Waals surface area contributed by atoms with Crippen LogP contribution in [0, 0.1) is 7.14 Å². The minimum absolute atomic E-state index is 0.334. The lowest BCUT2D eigenvalue weighted by Crippen LogP contribution is -1.94. The van der Waals surface area contributed by atoms with Crippen LogP contribution in [-0.4, -0.2) is 16.1 Å². The van der Waals surface area contributed by atoms with E-state index in [9.17, 15) is 4.79 Å². The van der Waals surface area contributed by atoms with Crippen molar-refractivity contribution in [1.82, 2.24) is 4.98 Å². The summed E-state index contributed by atoms with van der Waals surface area (Å²) >= 11 is 4.36. The second-order valence-electron chi connectivity index (χ2n) is 2.82. The molecule has 1 heterocycles. The monoisotopic (exact) mass is 413 g/mol. The molecule has 3 nitrogen and oxygen atoms in total. The van der Waals surface area contributed by atoms with Crippen molar-refractivity contribution in [2.45, 2.75) is 0 Å². The first-order chi connectivity index (χ1) is 6.59. The van der Waals surface area contributed by atoms with E-state index in [1.165, 1.54) is 6.20 Å². The van der Waals surface area contributed by atoms with Gasteiger partial charge >= 0.3 is 5.97 Å². The lowest BCUT2D eigenvalue weighted by Gasteiger charge is -1.97. The molecule has 0 radical (unpaired) electrons. The van der Waals surface area contributed by atoms with Crippen LogP contribution in [0.4, 0.5) is 0 Å². The van der Waals surface area contributed by atoms with Crippen molar-refractivity contribution in [3.05, 3.63) is 31.0 Å². The van der Waals surface area contributed by atoms with E-state index in [4.69, 9.17) is 5.11 Å². The number of aromatic nitrogens is 1. The average Bonchev–Trinajstić information content (AvgIpc) is 2.47. The normalized spacial score (nSPS) is 10.7. The van der Waals surface area contributed by atoms with Crippen LogP contribution in [0.3, 0.4) is 0 Å². The zero-order valence-corrected chi connectivity index (χ0v) is 11.2. The Labute approximate surface area is 107 Å². The Hall–Kier alpha value is -0.310. The summed E-state index contributed by atoms with van der Waals surface area (Å²) in [4.78, 5) is 13.8. The molecule has 0 atom stereocenters. The minimum Gasteiger partial charge on any atom is -0.478 e. The van der Waals surface area contributed by atoms with Crippen LogP contribution in [0.25, 0.3) is 10.9 Å². The van der Waals surface area contributed by atoms with Gasteiger partial charge in [0.25, 0.3) is 0 Å².